The zero-order chi connectivity index (χ0) is 18.1. The fourth-order valence-electron chi connectivity index (χ4n) is 2.07. The molecule has 1 aromatic rings. The third-order valence-electron chi connectivity index (χ3n) is 3.62. The quantitative estimate of drug-likeness (QED) is 0.588. The van der Waals surface area contributed by atoms with Gasteiger partial charge < -0.3 is 15.8 Å². The summed E-state index contributed by atoms with van der Waals surface area (Å²) >= 11 is 17.4. The molecule has 0 bridgehead atoms. The van der Waals surface area contributed by atoms with Crippen LogP contribution in [0, 0.1) is 17.2 Å². The first-order valence-corrected chi connectivity index (χ1v) is 8.02. The molecule has 0 aromatic carbocycles. The Morgan fingerprint density at radius 1 is 1.42 bits per heavy atom. The molecule has 0 spiro atoms. The van der Waals surface area contributed by atoms with Crippen molar-refractivity contribution in [2.45, 2.75) is 25.3 Å². The van der Waals surface area contributed by atoms with Crippen LogP contribution in [0.2, 0.25) is 15.2 Å². The van der Waals surface area contributed by atoms with E-state index in [-0.39, 0.29) is 32.5 Å². The smallest absolute Gasteiger partial charge is 0.359 e. The third-order valence-corrected chi connectivity index (χ3v) is 4.76. The number of nitrogen functional groups attached to an aromatic ring is 1. The van der Waals surface area contributed by atoms with Gasteiger partial charge >= 0.3 is 5.97 Å². The molecule has 0 aliphatic heterocycles. The van der Waals surface area contributed by atoms with Crippen LogP contribution in [0.4, 0.5) is 5.69 Å². The second-order valence-corrected chi connectivity index (χ2v) is 6.62. The highest BCUT2D eigenvalue weighted by Crippen LogP contribution is 2.39. The molecule has 1 aliphatic carbocycles. The molecule has 1 amide bonds. The molecule has 1 fully saturated rings. The second-order valence-electron chi connectivity index (χ2n) is 5.51. The van der Waals surface area contributed by atoms with E-state index in [1.165, 1.54) is 0 Å². The highest BCUT2D eigenvalue weighted by molar-refractivity contribution is 6.46. The van der Waals surface area contributed by atoms with Crippen LogP contribution in [0.5, 0.6) is 0 Å². The van der Waals surface area contributed by atoms with E-state index in [2.05, 4.69) is 16.4 Å². The molecule has 3 N–H and O–H groups in total. The number of aromatic nitrogens is 1. The zero-order valence-electron chi connectivity index (χ0n) is 12.5. The number of hydrogen-bond donors (Lipinski definition) is 2. The van der Waals surface area contributed by atoms with Crippen molar-refractivity contribution in [3.8, 4) is 6.07 Å². The van der Waals surface area contributed by atoms with Crippen molar-refractivity contribution in [2.75, 3.05) is 12.3 Å². The van der Waals surface area contributed by atoms with Crippen LogP contribution in [-0.4, -0.2) is 29.0 Å². The van der Waals surface area contributed by atoms with Crippen LogP contribution in [0.3, 0.4) is 0 Å². The van der Waals surface area contributed by atoms with Crippen LogP contribution >= 0.6 is 34.8 Å². The number of hydrogen-bond acceptors (Lipinski definition) is 6. The molecule has 0 saturated heterocycles. The minimum Gasteiger partial charge on any atom is -0.451 e. The monoisotopic (exact) mass is 390 g/mol. The van der Waals surface area contributed by atoms with Gasteiger partial charge in [0, 0.05) is 0 Å². The summed E-state index contributed by atoms with van der Waals surface area (Å²) in [5.74, 6) is -1.48. The van der Waals surface area contributed by atoms with Gasteiger partial charge in [0.25, 0.3) is 5.91 Å². The normalized spacial score (nSPS) is 16.0. The number of carbonyl (C=O) groups is 2. The standard InChI is InChI=1S/C14H13Cl3N4O3/c1-14(5-18,6-2-3-6)21-7(22)4-24-13(23)11-8(15)10(19)9(16)12(17)20-11/h6H,2-4H2,1H3,(H2,19,20)(H,21,22)/t14-/m1/s1. The van der Waals surface area contributed by atoms with Crippen LogP contribution in [0.1, 0.15) is 30.3 Å². The van der Waals surface area contributed by atoms with Crippen LogP contribution in [0.25, 0.3) is 0 Å². The Balaban J connectivity index is 2.01. The first-order valence-electron chi connectivity index (χ1n) is 6.89. The Hall–Kier alpha value is -1.75. The number of amides is 1. The molecular weight excluding hydrogens is 379 g/mol. The fraction of sp³-hybridized carbons (Fsp3) is 0.429. The molecule has 1 aliphatic rings. The Morgan fingerprint density at radius 3 is 2.58 bits per heavy atom. The van der Waals surface area contributed by atoms with E-state index in [0.29, 0.717) is 0 Å². The summed E-state index contributed by atoms with van der Waals surface area (Å²) < 4.78 is 4.85. The van der Waals surface area contributed by atoms with Gasteiger partial charge in [-0.05, 0) is 25.7 Å². The van der Waals surface area contributed by atoms with Crippen molar-refractivity contribution in [3.05, 3.63) is 20.9 Å². The Kier molecular flexibility index (Phi) is 5.43. The van der Waals surface area contributed by atoms with Crippen LogP contribution in [-0.2, 0) is 9.53 Å². The van der Waals surface area contributed by atoms with E-state index < -0.39 is 24.0 Å². The van der Waals surface area contributed by atoms with E-state index in [4.69, 9.17) is 45.3 Å². The maximum Gasteiger partial charge on any atom is 0.359 e. The van der Waals surface area contributed by atoms with Gasteiger partial charge in [-0.3, -0.25) is 4.79 Å². The zero-order valence-corrected chi connectivity index (χ0v) is 14.8. The molecule has 0 radical (unpaired) electrons. The van der Waals surface area contributed by atoms with Crippen molar-refractivity contribution in [3.63, 3.8) is 0 Å². The minimum atomic E-state index is -0.981. The van der Waals surface area contributed by atoms with Crippen molar-refractivity contribution in [2.24, 2.45) is 5.92 Å². The Morgan fingerprint density at radius 2 is 2.04 bits per heavy atom. The summed E-state index contributed by atoms with van der Waals surface area (Å²) in [4.78, 5) is 27.6. The Bertz CT molecular complexity index is 746. The predicted molar refractivity (Wildman–Crippen MR) is 88.8 cm³/mol. The van der Waals surface area contributed by atoms with Crippen molar-refractivity contribution < 1.29 is 14.3 Å². The number of nitriles is 1. The maximum atomic E-state index is 12.0. The van der Waals surface area contributed by atoms with Crippen molar-refractivity contribution in [1.29, 1.82) is 5.26 Å². The highest BCUT2D eigenvalue weighted by atomic mass is 35.5. The number of pyridine rings is 1. The van der Waals surface area contributed by atoms with E-state index in [0.717, 1.165) is 12.8 Å². The predicted octanol–water partition coefficient (Wildman–Crippen LogP) is 2.59. The molecule has 128 valence electrons. The molecule has 1 saturated carbocycles. The van der Waals surface area contributed by atoms with E-state index in [1.54, 1.807) is 6.92 Å². The summed E-state index contributed by atoms with van der Waals surface area (Å²) in [6, 6.07) is 2.07. The first kappa shape index (κ1) is 18.6. The third kappa shape index (κ3) is 3.83. The number of nitrogens with zero attached hydrogens (tertiary/aromatic N) is 2. The van der Waals surface area contributed by atoms with Gasteiger partial charge in [0.05, 0.1) is 16.8 Å². The minimum absolute atomic E-state index is 0.0785. The highest BCUT2D eigenvalue weighted by Gasteiger charge is 2.43. The largest absolute Gasteiger partial charge is 0.451 e. The topological polar surface area (TPSA) is 118 Å². The number of rotatable bonds is 5. The van der Waals surface area contributed by atoms with E-state index >= 15 is 0 Å². The molecular formula is C14H13Cl3N4O3. The van der Waals surface area contributed by atoms with Gasteiger partial charge in [0.1, 0.15) is 10.6 Å². The number of halogens is 3. The maximum absolute atomic E-state index is 12.0. The van der Waals surface area contributed by atoms with Gasteiger partial charge in [-0.25, -0.2) is 9.78 Å². The van der Waals surface area contributed by atoms with Gasteiger partial charge in [0.15, 0.2) is 17.5 Å². The molecule has 24 heavy (non-hydrogen) atoms. The molecule has 0 unspecified atom stereocenters. The lowest BCUT2D eigenvalue weighted by Crippen LogP contribution is -2.48. The Labute approximate surface area is 153 Å². The van der Waals surface area contributed by atoms with E-state index in [9.17, 15) is 14.9 Å². The molecule has 1 atom stereocenters. The second kappa shape index (κ2) is 7.01. The van der Waals surface area contributed by atoms with Gasteiger partial charge in [0.2, 0.25) is 0 Å². The number of nitrogens with one attached hydrogen (secondary N) is 1. The van der Waals surface area contributed by atoms with Crippen LogP contribution in [0.15, 0.2) is 0 Å². The molecule has 1 heterocycles. The lowest BCUT2D eigenvalue weighted by Gasteiger charge is -2.22. The lowest BCUT2D eigenvalue weighted by molar-refractivity contribution is -0.125. The fourth-order valence-corrected chi connectivity index (χ4v) is 2.66. The summed E-state index contributed by atoms with van der Waals surface area (Å²) in [6.45, 7) is 1.03. The summed E-state index contributed by atoms with van der Waals surface area (Å²) in [5, 5.41) is 11.2. The number of nitrogens with two attached hydrogens (primary N) is 1. The van der Waals surface area contributed by atoms with Gasteiger partial charge in [-0.15, -0.1) is 0 Å². The lowest BCUT2D eigenvalue weighted by atomic mass is 9.98. The molecule has 1 aromatic heterocycles. The summed E-state index contributed by atoms with van der Waals surface area (Å²) in [5.41, 5.74) is 4.17. The molecule has 7 nitrogen and oxygen atoms in total. The number of esters is 1. The molecule has 2 rings (SSSR count). The summed E-state index contributed by atoms with van der Waals surface area (Å²) in [7, 11) is 0. The SMILES string of the molecule is C[C@](C#N)(NC(=O)COC(=O)c1nc(Cl)c(Cl)c(N)c1Cl)C1CC1. The first-order chi connectivity index (χ1) is 11.2. The average Bonchev–Trinajstić information content (AvgIpc) is 3.39. The van der Waals surface area contributed by atoms with E-state index in [1.807, 2.05) is 0 Å². The molecule has 10 heteroatoms. The average molecular weight is 392 g/mol. The number of ether oxygens (including phenoxy) is 1. The summed E-state index contributed by atoms with van der Waals surface area (Å²) in [6.07, 6.45) is 1.73. The number of carbonyl (C=O) groups excluding carboxylic acids is 2. The van der Waals surface area contributed by atoms with Gasteiger partial charge in [-0.2, -0.15) is 5.26 Å². The van der Waals surface area contributed by atoms with Crippen molar-refractivity contribution in [1.82, 2.24) is 10.3 Å². The number of anilines is 1. The van der Waals surface area contributed by atoms with Crippen molar-refractivity contribution >= 4 is 52.4 Å². The van der Waals surface area contributed by atoms with Gasteiger partial charge in [-0.1, -0.05) is 34.8 Å². The van der Waals surface area contributed by atoms with Crippen LogP contribution < -0.4 is 11.1 Å².